The van der Waals surface area contributed by atoms with Gasteiger partial charge in [-0.05, 0) is 37.1 Å². The van der Waals surface area contributed by atoms with Gasteiger partial charge in [0, 0.05) is 23.5 Å². The SMILES string of the molecule is Nc1ncnc2c1c(C(=O)c1cccc(NS(=O)(=O)c3ccccc3C(F)(F)F)c1)cn2C1CCCC1. The van der Waals surface area contributed by atoms with Crippen molar-refractivity contribution in [2.24, 2.45) is 0 Å². The molecule has 12 heteroatoms. The van der Waals surface area contributed by atoms with Gasteiger partial charge in [-0.1, -0.05) is 37.1 Å². The predicted molar refractivity (Wildman–Crippen MR) is 132 cm³/mol. The zero-order valence-electron chi connectivity index (χ0n) is 19.4. The number of halogens is 3. The molecule has 4 aromatic rings. The van der Waals surface area contributed by atoms with E-state index in [2.05, 4.69) is 14.7 Å². The second-order valence-corrected chi connectivity index (χ2v) is 10.5. The van der Waals surface area contributed by atoms with Crippen LogP contribution in [0.15, 0.2) is 66.0 Å². The minimum absolute atomic E-state index is 0.0634. The van der Waals surface area contributed by atoms with E-state index in [0.717, 1.165) is 37.8 Å². The van der Waals surface area contributed by atoms with Gasteiger partial charge in [-0.15, -0.1) is 0 Å². The lowest BCUT2D eigenvalue weighted by atomic mass is 10.0. The number of hydrogen-bond donors (Lipinski definition) is 2. The standard InChI is InChI=1S/C25H22F3N5O3S/c26-25(27,28)19-10-3-4-11-20(19)37(35,36)32-16-7-5-6-15(12-16)22(34)18-13-33(17-8-1-2-9-17)24-21(18)23(29)30-14-31-24/h3-7,10-14,17,32H,1-2,8-9H2,(H2,29,30,31). The Morgan fingerprint density at radius 1 is 1.05 bits per heavy atom. The summed E-state index contributed by atoms with van der Waals surface area (Å²) in [6, 6.07) is 9.61. The number of anilines is 2. The van der Waals surface area contributed by atoms with Crippen LogP contribution in [0.25, 0.3) is 11.0 Å². The van der Waals surface area contributed by atoms with Crippen LogP contribution in [0.2, 0.25) is 0 Å². The number of nitrogens with two attached hydrogens (primary N) is 1. The zero-order valence-corrected chi connectivity index (χ0v) is 20.2. The van der Waals surface area contributed by atoms with Crippen LogP contribution in [-0.2, 0) is 16.2 Å². The molecule has 0 radical (unpaired) electrons. The molecule has 0 atom stereocenters. The number of nitrogens with zero attached hydrogens (tertiary/aromatic N) is 3. The molecule has 0 spiro atoms. The number of nitrogens with one attached hydrogen (secondary N) is 1. The number of alkyl halides is 3. The molecule has 2 aromatic heterocycles. The Morgan fingerprint density at radius 3 is 2.51 bits per heavy atom. The Balaban J connectivity index is 1.51. The molecular weight excluding hydrogens is 507 g/mol. The van der Waals surface area contributed by atoms with Crippen molar-refractivity contribution in [2.75, 3.05) is 10.5 Å². The van der Waals surface area contributed by atoms with Crippen molar-refractivity contribution in [3.63, 3.8) is 0 Å². The van der Waals surface area contributed by atoms with Crippen LogP contribution in [0.1, 0.15) is 53.2 Å². The topological polar surface area (TPSA) is 120 Å². The molecule has 0 amide bonds. The van der Waals surface area contributed by atoms with E-state index in [1.165, 1.54) is 36.7 Å². The van der Waals surface area contributed by atoms with Gasteiger partial charge in [0.25, 0.3) is 10.0 Å². The molecule has 1 fully saturated rings. The summed E-state index contributed by atoms with van der Waals surface area (Å²) in [6.07, 6.45) is 2.19. The van der Waals surface area contributed by atoms with Gasteiger partial charge in [0.2, 0.25) is 0 Å². The van der Waals surface area contributed by atoms with Gasteiger partial charge in [-0.3, -0.25) is 9.52 Å². The number of rotatable bonds is 6. The number of carbonyl (C=O) groups is 1. The Kier molecular flexibility index (Phi) is 6.14. The van der Waals surface area contributed by atoms with Crippen LogP contribution in [0.3, 0.4) is 0 Å². The van der Waals surface area contributed by atoms with Crippen molar-refractivity contribution in [3.05, 3.63) is 77.7 Å². The molecule has 1 saturated carbocycles. The number of ketones is 1. The Bertz CT molecular complexity index is 1610. The van der Waals surface area contributed by atoms with E-state index in [9.17, 15) is 26.4 Å². The van der Waals surface area contributed by atoms with Crippen molar-refractivity contribution in [1.82, 2.24) is 14.5 Å². The number of aromatic nitrogens is 3. The summed E-state index contributed by atoms with van der Waals surface area (Å²) in [6.45, 7) is 0. The van der Waals surface area contributed by atoms with Crippen molar-refractivity contribution < 1.29 is 26.4 Å². The molecule has 2 aromatic carbocycles. The highest BCUT2D eigenvalue weighted by Gasteiger charge is 2.37. The number of sulfonamides is 1. The van der Waals surface area contributed by atoms with Crippen LogP contribution in [0.5, 0.6) is 0 Å². The Morgan fingerprint density at radius 2 is 1.78 bits per heavy atom. The highest BCUT2D eigenvalue weighted by atomic mass is 32.2. The maximum atomic E-state index is 13.6. The van der Waals surface area contributed by atoms with Crippen molar-refractivity contribution >= 4 is 38.3 Å². The molecule has 0 aliphatic heterocycles. The molecule has 192 valence electrons. The van der Waals surface area contributed by atoms with E-state index >= 15 is 0 Å². The third-order valence-corrected chi connectivity index (χ3v) is 7.90. The summed E-state index contributed by atoms with van der Waals surface area (Å²) in [7, 11) is -4.61. The quantitative estimate of drug-likeness (QED) is 0.332. The number of hydrogen-bond acceptors (Lipinski definition) is 6. The molecule has 2 heterocycles. The first-order chi connectivity index (χ1) is 17.6. The summed E-state index contributed by atoms with van der Waals surface area (Å²) in [5.41, 5.74) is 5.70. The minimum atomic E-state index is -4.86. The summed E-state index contributed by atoms with van der Waals surface area (Å²) in [5, 5.41) is 0.407. The van der Waals surface area contributed by atoms with Gasteiger partial charge >= 0.3 is 6.18 Å². The predicted octanol–water partition coefficient (Wildman–Crippen LogP) is 5.18. The van der Waals surface area contributed by atoms with Crippen molar-refractivity contribution in [1.29, 1.82) is 0 Å². The molecule has 0 saturated heterocycles. The van der Waals surface area contributed by atoms with Crippen LogP contribution in [0, 0.1) is 0 Å². The van der Waals surface area contributed by atoms with E-state index < -0.39 is 32.4 Å². The van der Waals surface area contributed by atoms with Gasteiger partial charge in [-0.2, -0.15) is 13.2 Å². The van der Waals surface area contributed by atoms with Gasteiger partial charge in [-0.25, -0.2) is 18.4 Å². The number of carbonyl (C=O) groups excluding carboxylic acids is 1. The fourth-order valence-electron chi connectivity index (χ4n) is 4.77. The van der Waals surface area contributed by atoms with Gasteiger partial charge in [0.05, 0.1) is 21.4 Å². The van der Waals surface area contributed by atoms with E-state index in [-0.39, 0.29) is 28.7 Å². The fraction of sp³-hybridized carbons (Fsp3) is 0.240. The zero-order chi connectivity index (χ0) is 26.4. The van der Waals surface area contributed by atoms with Crippen LogP contribution >= 0.6 is 0 Å². The summed E-state index contributed by atoms with van der Waals surface area (Å²) < 4.78 is 70.0. The van der Waals surface area contributed by atoms with Gasteiger partial charge in [0.1, 0.15) is 17.8 Å². The Labute approximate surface area is 210 Å². The molecule has 3 N–H and O–H groups in total. The summed E-state index contributed by atoms with van der Waals surface area (Å²) in [4.78, 5) is 21.0. The molecule has 37 heavy (non-hydrogen) atoms. The monoisotopic (exact) mass is 529 g/mol. The highest BCUT2D eigenvalue weighted by molar-refractivity contribution is 7.92. The van der Waals surface area contributed by atoms with Crippen LogP contribution in [-0.4, -0.2) is 28.7 Å². The van der Waals surface area contributed by atoms with Crippen LogP contribution < -0.4 is 10.5 Å². The second-order valence-electron chi connectivity index (χ2n) is 8.86. The van der Waals surface area contributed by atoms with E-state index in [4.69, 9.17) is 5.73 Å². The summed E-state index contributed by atoms with van der Waals surface area (Å²) >= 11 is 0. The molecule has 1 aliphatic rings. The minimum Gasteiger partial charge on any atom is -0.383 e. The molecule has 0 unspecified atom stereocenters. The van der Waals surface area contributed by atoms with Crippen LogP contribution in [0.4, 0.5) is 24.7 Å². The molecule has 5 rings (SSSR count). The van der Waals surface area contributed by atoms with Gasteiger partial charge < -0.3 is 10.3 Å². The molecule has 1 aliphatic carbocycles. The largest absolute Gasteiger partial charge is 0.417 e. The third-order valence-electron chi connectivity index (χ3n) is 6.46. The number of nitrogen functional groups attached to an aromatic ring is 1. The first-order valence-corrected chi connectivity index (χ1v) is 13.0. The maximum Gasteiger partial charge on any atom is 0.417 e. The molecular formula is C25H22F3N5O3S. The number of benzene rings is 2. The van der Waals surface area contributed by atoms with Crippen molar-refractivity contribution in [2.45, 2.75) is 42.8 Å². The van der Waals surface area contributed by atoms with E-state index in [1.54, 1.807) is 6.20 Å². The first kappa shape index (κ1) is 24.8. The first-order valence-electron chi connectivity index (χ1n) is 11.5. The molecule has 0 bridgehead atoms. The lowest BCUT2D eigenvalue weighted by molar-refractivity contribution is -0.139. The summed E-state index contributed by atoms with van der Waals surface area (Å²) in [5.74, 6) is -0.300. The van der Waals surface area contributed by atoms with Gasteiger partial charge in [0.15, 0.2) is 5.78 Å². The highest BCUT2D eigenvalue weighted by Crippen LogP contribution is 2.37. The fourth-order valence-corrected chi connectivity index (χ4v) is 6.04. The average Bonchev–Trinajstić information content (AvgIpc) is 3.52. The second kappa shape index (κ2) is 9.18. The Hall–Kier alpha value is -3.93. The van der Waals surface area contributed by atoms with E-state index in [1.807, 2.05) is 4.57 Å². The average molecular weight is 530 g/mol. The maximum absolute atomic E-state index is 13.6. The smallest absolute Gasteiger partial charge is 0.383 e. The van der Waals surface area contributed by atoms with Crippen molar-refractivity contribution in [3.8, 4) is 0 Å². The molecule has 8 nitrogen and oxygen atoms in total. The lowest BCUT2D eigenvalue weighted by Gasteiger charge is -2.14. The normalized spacial score (nSPS) is 14.8. The third kappa shape index (κ3) is 4.64. The number of fused-ring (bicyclic) bond motifs is 1. The van der Waals surface area contributed by atoms with E-state index in [0.29, 0.717) is 17.1 Å². The lowest BCUT2D eigenvalue weighted by Crippen LogP contribution is -2.19.